The molecular weight excluding hydrogens is 212 g/mol. The molecule has 7 heteroatoms. The first-order valence-electron chi connectivity index (χ1n) is 4.47. The number of rotatable bonds is 3. The SMILES string of the molecule is CNc1nc(-c2ccccc2[N+](=O)[O-])no1. The second-order valence-electron chi connectivity index (χ2n) is 2.95. The Morgan fingerprint density at radius 1 is 1.44 bits per heavy atom. The summed E-state index contributed by atoms with van der Waals surface area (Å²) in [5, 5.41) is 17.1. The van der Waals surface area contributed by atoms with Crippen LogP contribution in [-0.2, 0) is 0 Å². The highest BCUT2D eigenvalue weighted by molar-refractivity contribution is 5.67. The lowest BCUT2D eigenvalue weighted by Crippen LogP contribution is -1.93. The summed E-state index contributed by atoms with van der Waals surface area (Å²) in [6.07, 6.45) is 0. The Bertz CT molecular complexity index is 523. The van der Waals surface area contributed by atoms with Crippen molar-refractivity contribution in [1.82, 2.24) is 10.1 Å². The van der Waals surface area contributed by atoms with Crippen LogP contribution in [0.25, 0.3) is 11.4 Å². The van der Waals surface area contributed by atoms with Gasteiger partial charge < -0.3 is 9.84 Å². The molecule has 2 aromatic rings. The molecule has 1 N–H and O–H groups in total. The highest BCUT2D eigenvalue weighted by Crippen LogP contribution is 2.27. The summed E-state index contributed by atoms with van der Waals surface area (Å²) in [5.41, 5.74) is 0.281. The molecule has 0 saturated carbocycles. The third-order valence-corrected chi connectivity index (χ3v) is 1.98. The third kappa shape index (κ3) is 1.70. The van der Waals surface area contributed by atoms with Gasteiger partial charge in [-0.25, -0.2) is 0 Å². The molecule has 1 aromatic heterocycles. The number of nitrogens with zero attached hydrogens (tertiary/aromatic N) is 3. The van der Waals surface area contributed by atoms with Gasteiger partial charge in [-0.1, -0.05) is 17.3 Å². The predicted octanol–water partition coefficient (Wildman–Crippen LogP) is 1.69. The van der Waals surface area contributed by atoms with Crippen molar-refractivity contribution in [3.63, 3.8) is 0 Å². The molecule has 7 nitrogen and oxygen atoms in total. The van der Waals surface area contributed by atoms with E-state index >= 15 is 0 Å². The summed E-state index contributed by atoms with van der Waals surface area (Å²) in [6.45, 7) is 0. The van der Waals surface area contributed by atoms with E-state index in [1.54, 1.807) is 25.2 Å². The van der Waals surface area contributed by atoms with Crippen LogP contribution in [0.1, 0.15) is 0 Å². The normalized spacial score (nSPS) is 10.1. The Labute approximate surface area is 90.2 Å². The van der Waals surface area contributed by atoms with E-state index < -0.39 is 4.92 Å². The monoisotopic (exact) mass is 220 g/mol. The minimum atomic E-state index is -0.481. The molecule has 1 aromatic carbocycles. The molecule has 0 aliphatic carbocycles. The van der Waals surface area contributed by atoms with E-state index in [0.717, 1.165) is 0 Å². The van der Waals surface area contributed by atoms with Crippen molar-refractivity contribution in [2.45, 2.75) is 0 Å². The zero-order chi connectivity index (χ0) is 11.5. The van der Waals surface area contributed by atoms with Crippen molar-refractivity contribution in [2.75, 3.05) is 12.4 Å². The molecule has 0 spiro atoms. The quantitative estimate of drug-likeness (QED) is 0.624. The lowest BCUT2D eigenvalue weighted by Gasteiger charge is -1.95. The predicted molar refractivity (Wildman–Crippen MR) is 55.9 cm³/mol. The summed E-state index contributed by atoms with van der Waals surface area (Å²) < 4.78 is 4.81. The van der Waals surface area contributed by atoms with E-state index in [-0.39, 0.29) is 17.5 Å². The molecule has 0 bridgehead atoms. The van der Waals surface area contributed by atoms with Crippen LogP contribution in [0, 0.1) is 10.1 Å². The molecule has 0 unspecified atom stereocenters. The van der Waals surface area contributed by atoms with Crippen molar-refractivity contribution < 1.29 is 9.45 Å². The van der Waals surface area contributed by atoms with Crippen LogP contribution in [0.3, 0.4) is 0 Å². The number of para-hydroxylation sites is 1. The van der Waals surface area contributed by atoms with Crippen LogP contribution in [0.15, 0.2) is 28.8 Å². The third-order valence-electron chi connectivity index (χ3n) is 1.98. The molecular formula is C9H8N4O3. The molecule has 2 rings (SSSR count). The zero-order valence-electron chi connectivity index (χ0n) is 8.38. The maximum Gasteiger partial charge on any atom is 0.321 e. The molecule has 0 radical (unpaired) electrons. The van der Waals surface area contributed by atoms with Crippen molar-refractivity contribution in [1.29, 1.82) is 0 Å². The number of benzene rings is 1. The molecule has 0 amide bonds. The molecule has 0 saturated heterocycles. The summed E-state index contributed by atoms with van der Waals surface area (Å²) in [5.74, 6) is 0.191. The number of aromatic nitrogens is 2. The van der Waals surface area contributed by atoms with Gasteiger partial charge in [0.15, 0.2) is 0 Å². The van der Waals surface area contributed by atoms with E-state index in [0.29, 0.717) is 5.56 Å². The van der Waals surface area contributed by atoms with Gasteiger partial charge in [-0.05, 0) is 6.07 Å². The summed E-state index contributed by atoms with van der Waals surface area (Å²) in [4.78, 5) is 14.2. The van der Waals surface area contributed by atoms with E-state index in [1.165, 1.54) is 6.07 Å². The Morgan fingerprint density at radius 3 is 2.81 bits per heavy atom. The standard InChI is InChI=1S/C9H8N4O3/c1-10-9-11-8(12-16-9)6-4-2-3-5-7(6)13(14)15/h2-5H,1H3,(H,10,11,12). The number of nitrogens with one attached hydrogen (secondary N) is 1. The van der Waals surface area contributed by atoms with Gasteiger partial charge in [0.1, 0.15) is 5.56 Å². The second-order valence-corrected chi connectivity index (χ2v) is 2.95. The molecule has 16 heavy (non-hydrogen) atoms. The minimum Gasteiger partial charge on any atom is -0.341 e. The maximum atomic E-state index is 10.8. The lowest BCUT2D eigenvalue weighted by atomic mass is 10.2. The zero-order valence-corrected chi connectivity index (χ0v) is 8.38. The van der Waals surface area contributed by atoms with Gasteiger partial charge in [0.05, 0.1) is 4.92 Å². The first-order chi connectivity index (χ1) is 7.72. The fourth-order valence-corrected chi connectivity index (χ4v) is 1.26. The molecule has 0 aliphatic heterocycles. The number of nitro benzene ring substituents is 1. The average Bonchev–Trinajstić information content (AvgIpc) is 2.77. The van der Waals surface area contributed by atoms with Gasteiger partial charge in [-0.15, -0.1) is 0 Å². The Kier molecular flexibility index (Phi) is 2.50. The average molecular weight is 220 g/mol. The summed E-state index contributed by atoms with van der Waals surface area (Å²) >= 11 is 0. The minimum absolute atomic E-state index is 0.0500. The molecule has 0 fully saturated rings. The first-order valence-corrected chi connectivity index (χ1v) is 4.47. The van der Waals surface area contributed by atoms with Crippen molar-refractivity contribution in [3.8, 4) is 11.4 Å². The van der Waals surface area contributed by atoms with Crippen molar-refractivity contribution in [3.05, 3.63) is 34.4 Å². The Hall–Kier alpha value is -2.44. The molecule has 1 heterocycles. The van der Waals surface area contributed by atoms with Gasteiger partial charge in [-0.3, -0.25) is 10.1 Å². The van der Waals surface area contributed by atoms with E-state index in [2.05, 4.69) is 15.5 Å². The fourth-order valence-electron chi connectivity index (χ4n) is 1.26. The van der Waals surface area contributed by atoms with Gasteiger partial charge in [0, 0.05) is 13.1 Å². The fraction of sp³-hybridized carbons (Fsp3) is 0.111. The van der Waals surface area contributed by atoms with Crippen molar-refractivity contribution >= 4 is 11.7 Å². The highest BCUT2D eigenvalue weighted by atomic mass is 16.6. The lowest BCUT2D eigenvalue weighted by molar-refractivity contribution is -0.384. The number of hydrogen-bond donors (Lipinski definition) is 1. The van der Waals surface area contributed by atoms with Crippen molar-refractivity contribution in [2.24, 2.45) is 0 Å². The number of hydrogen-bond acceptors (Lipinski definition) is 6. The van der Waals surface area contributed by atoms with Crippen LogP contribution >= 0.6 is 0 Å². The van der Waals surface area contributed by atoms with Gasteiger partial charge in [0.2, 0.25) is 5.82 Å². The van der Waals surface area contributed by atoms with Gasteiger partial charge in [0.25, 0.3) is 5.69 Å². The molecule has 82 valence electrons. The molecule has 0 aliphatic rings. The largest absolute Gasteiger partial charge is 0.341 e. The first kappa shape index (κ1) is 10.1. The van der Waals surface area contributed by atoms with Gasteiger partial charge >= 0.3 is 6.01 Å². The number of anilines is 1. The second kappa shape index (κ2) is 3.97. The number of nitro groups is 1. The van der Waals surface area contributed by atoms with Gasteiger partial charge in [-0.2, -0.15) is 4.98 Å². The topological polar surface area (TPSA) is 94.1 Å². The van der Waals surface area contributed by atoms with Crippen LogP contribution in [0.4, 0.5) is 11.7 Å². The smallest absolute Gasteiger partial charge is 0.321 e. The Balaban J connectivity index is 2.50. The Morgan fingerprint density at radius 2 is 2.19 bits per heavy atom. The summed E-state index contributed by atoms with van der Waals surface area (Å²) in [7, 11) is 1.62. The molecule has 0 atom stereocenters. The van der Waals surface area contributed by atoms with Crippen LogP contribution in [-0.4, -0.2) is 22.1 Å². The van der Waals surface area contributed by atoms with Crippen LogP contribution in [0.5, 0.6) is 0 Å². The van der Waals surface area contributed by atoms with Crippen LogP contribution < -0.4 is 5.32 Å². The van der Waals surface area contributed by atoms with E-state index in [9.17, 15) is 10.1 Å². The maximum absolute atomic E-state index is 10.8. The van der Waals surface area contributed by atoms with E-state index in [1.807, 2.05) is 0 Å². The summed E-state index contributed by atoms with van der Waals surface area (Å²) in [6, 6.07) is 6.44. The highest BCUT2D eigenvalue weighted by Gasteiger charge is 2.18. The van der Waals surface area contributed by atoms with E-state index in [4.69, 9.17) is 4.52 Å². The van der Waals surface area contributed by atoms with Crippen LogP contribution in [0.2, 0.25) is 0 Å².